The van der Waals surface area contributed by atoms with Crippen molar-refractivity contribution in [2.75, 3.05) is 4.90 Å². The fraction of sp³-hybridized carbons (Fsp3) is 0.385. The van der Waals surface area contributed by atoms with Crippen LogP contribution in [0.15, 0.2) is 16.6 Å². The number of carbonyl (C=O) groups excluding carboxylic acids is 2. The van der Waals surface area contributed by atoms with Gasteiger partial charge in [0, 0.05) is 11.8 Å². The zero-order valence-electron chi connectivity index (χ0n) is 10.3. The molecular weight excluding hydrogens is 301 g/mol. The average molecular weight is 314 g/mol. The molecule has 1 fully saturated rings. The summed E-state index contributed by atoms with van der Waals surface area (Å²) >= 11 is 3.07. The van der Waals surface area contributed by atoms with Crippen LogP contribution < -0.4 is 4.90 Å². The molecule has 2 atom stereocenters. The van der Waals surface area contributed by atoms with Crippen LogP contribution in [0, 0.1) is 24.6 Å². The molecule has 2 rings (SSSR count). The first-order valence-electron chi connectivity index (χ1n) is 5.68. The standard InChI is InChI=1S/C13H13BrFNO2/c1-6-4-10(15)9(14)5-11(6)16-12(17)7(2)8(3)13(16)18/h4-5,7-8H,1-3H3. The van der Waals surface area contributed by atoms with Crippen molar-refractivity contribution in [2.24, 2.45) is 11.8 Å². The molecule has 1 aromatic rings. The monoisotopic (exact) mass is 313 g/mol. The van der Waals surface area contributed by atoms with Crippen LogP contribution in [-0.2, 0) is 9.59 Å². The molecular formula is C13H13BrFNO2. The van der Waals surface area contributed by atoms with Gasteiger partial charge in [-0.05, 0) is 40.5 Å². The quantitative estimate of drug-likeness (QED) is 0.747. The summed E-state index contributed by atoms with van der Waals surface area (Å²) in [5.74, 6) is -1.53. The van der Waals surface area contributed by atoms with E-state index in [9.17, 15) is 14.0 Å². The van der Waals surface area contributed by atoms with Crippen molar-refractivity contribution >= 4 is 33.4 Å². The summed E-state index contributed by atoms with van der Waals surface area (Å²) in [5, 5.41) is 0. The fourth-order valence-electron chi connectivity index (χ4n) is 2.06. The van der Waals surface area contributed by atoms with E-state index in [4.69, 9.17) is 0 Å². The zero-order chi connectivity index (χ0) is 13.6. The number of anilines is 1. The number of hydrogen-bond donors (Lipinski definition) is 0. The summed E-state index contributed by atoms with van der Waals surface area (Å²) in [6.07, 6.45) is 0. The van der Waals surface area contributed by atoms with E-state index in [2.05, 4.69) is 15.9 Å². The molecule has 0 aromatic heterocycles. The van der Waals surface area contributed by atoms with Gasteiger partial charge in [0.15, 0.2) is 0 Å². The number of amides is 2. The first-order valence-corrected chi connectivity index (χ1v) is 6.47. The number of rotatable bonds is 1. The predicted octanol–water partition coefficient (Wildman–Crippen LogP) is 3.04. The number of carbonyl (C=O) groups is 2. The maximum atomic E-state index is 13.4. The van der Waals surface area contributed by atoms with Crippen LogP contribution >= 0.6 is 15.9 Å². The summed E-state index contributed by atoms with van der Waals surface area (Å²) in [5.41, 5.74) is 1.02. The van der Waals surface area contributed by atoms with Gasteiger partial charge in [-0.3, -0.25) is 9.59 Å². The topological polar surface area (TPSA) is 37.4 Å². The number of benzene rings is 1. The van der Waals surface area contributed by atoms with Gasteiger partial charge >= 0.3 is 0 Å². The third-order valence-corrected chi connectivity index (χ3v) is 4.06. The Morgan fingerprint density at radius 3 is 2.17 bits per heavy atom. The van der Waals surface area contributed by atoms with Crippen molar-refractivity contribution in [2.45, 2.75) is 20.8 Å². The lowest BCUT2D eigenvalue weighted by Crippen LogP contribution is -2.31. The maximum absolute atomic E-state index is 13.4. The Kier molecular flexibility index (Phi) is 3.27. The van der Waals surface area contributed by atoms with Gasteiger partial charge in [-0.15, -0.1) is 0 Å². The minimum Gasteiger partial charge on any atom is -0.274 e. The van der Waals surface area contributed by atoms with Crippen LogP contribution in [0.2, 0.25) is 0 Å². The Labute approximate surface area is 113 Å². The molecule has 0 N–H and O–H groups in total. The van der Waals surface area contributed by atoms with E-state index < -0.39 is 5.82 Å². The van der Waals surface area contributed by atoms with Gasteiger partial charge < -0.3 is 0 Å². The number of nitrogens with zero attached hydrogens (tertiary/aromatic N) is 1. The molecule has 2 unspecified atom stereocenters. The second-order valence-electron chi connectivity index (χ2n) is 4.64. The van der Waals surface area contributed by atoms with Crippen LogP contribution in [0.5, 0.6) is 0 Å². The average Bonchev–Trinajstić information content (AvgIpc) is 2.50. The molecule has 0 aliphatic carbocycles. The highest BCUT2D eigenvalue weighted by Crippen LogP contribution is 2.34. The summed E-state index contributed by atoms with van der Waals surface area (Å²) in [7, 11) is 0. The van der Waals surface area contributed by atoms with E-state index in [1.165, 1.54) is 12.1 Å². The maximum Gasteiger partial charge on any atom is 0.237 e. The molecule has 1 aliphatic heterocycles. The number of hydrogen-bond acceptors (Lipinski definition) is 2. The Bertz CT molecular complexity index is 524. The van der Waals surface area contributed by atoms with Gasteiger partial charge in [0.2, 0.25) is 11.8 Å². The van der Waals surface area contributed by atoms with Gasteiger partial charge in [-0.2, -0.15) is 0 Å². The molecule has 1 aliphatic rings. The first-order chi connectivity index (χ1) is 8.34. The lowest BCUT2D eigenvalue weighted by atomic mass is 10.00. The van der Waals surface area contributed by atoms with E-state index in [1.54, 1.807) is 20.8 Å². The predicted molar refractivity (Wildman–Crippen MR) is 69.7 cm³/mol. The van der Waals surface area contributed by atoms with Crippen LogP contribution in [0.25, 0.3) is 0 Å². The van der Waals surface area contributed by atoms with Crippen LogP contribution in [0.1, 0.15) is 19.4 Å². The number of halogens is 2. The van der Waals surface area contributed by atoms with Gasteiger partial charge in [-0.1, -0.05) is 13.8 Å². The Hall–Kier alpha value is -1.23. The molecule has 0 saturated carbocycles. The van der Waals surface area contributed by atoms with Gasteiger partial charge in [0.05, 0.1) is 10.2 Å². The van der Waals surface area contributed by atoms with E-state index >= 15 is 0 Å². The van der Waals surface area contributed by atoms with Crippen molar-refractivity contribution in [3.8, 4) is 0 Å². The fourth-order valence-corrected chi connectivity index (χ4v) is 2.39. The second kappa shape index (κ2) is 4.46. The molecule has 0 radical (unpaired) electrons. The van der Waals surface area contributed by atoms with Crippen LogP contribution in [-0.4, -0.2) is 11.8 Å². The van der Waals surface area contributed by atoms with E-state index in [1.807, 2.05) is 0 Å². The van der Waals surface area contributed by atoms with Crippen molar-refractivity contribution in [3.05, 3.63) is 28.0 Å². The molecule has 96 valence electrons. The first kappa shape index (κ1) is 13.2. The van der Waals surface area contributed by atoms with E-state index in [-0.39, 0.29) is 28.1 Å². The molecule has 1 aromatic carbocycles. The lowest BCUT2D eigenvalue weighted by Gasteiger charge is -2.17. The largest absolute Gasteiger partial charge is 0.274 e. The van der Waals surface area contributed by atoms with E-state index in [0.29, 0.717) is 11.3 Å². The molecule has 18 heavy (non-hydrogen) atoms. The Morgan fingerprint density at radius 2 is 1.67 bits per heavy atom. The molecule has 0 spiro atoms. The third kappa shape index (κ3) is 1.86. The second-order valence-corrected chi connectivity index (χ2v) is 5.50. The van der Waals surface area contributed by atoms with Gasteiger partial charge in [0.25, 0.3) is 0 Å². The highest BCUT2D eigenvalue weighted by molar-refractivity contribution is 9.10. The minimum absolute atomic E-state index is 0.228. The Morgan fingerprint density at radius 1 is 1.17 bits per heavy atom. The van der Waals surface area contributed by atoms with Crippen LogP contribution in [0.4, 0.5) is 10.1 Å². The van der Waals surface area contributed by atoms with Crippen molar-refractivity contribution in [1.82, 2.24) is 0 Å². The number of aryl methyl sites for hydroxylation is 1. The zero-order valence-corrected chi connectivity index (χ0v) is 11.9. The van der Waals surface area contributed by atoms with Gasteiger partial charge in [0.1, 0.15) is 5.82 Å². The molecule has 1 heterocycles. The molecule has 0 bridgehead atoms. The Balaban J connectivity index is 2.53. The molecule has 3 nitrogen and oxygen atoms in total. The summed E-state index contributed by atoms with van der Waals surface area (Å²) in [6, 6.07) is 2.79. The molecule has 2 amide bonds. The lowest BCUT2D eigenvalue weighted by molar-refractivity contribution is -0.122. The SMILES string of the molecule is Cc1cc(F)c(Br)cc1N1C(=O)C(C)C(C)C1=O. The normalized spacial score (nSPS) is 23.9. The van der Waals surface area contributed by atoms with Crippen molar-refractivity contribution < 1.29 is 14.0 Å². The van der Waals surface area contributed by atoms with E-state index in [0.717, 1.165) is 4.90 Å². The summed E-state index contributed by atoms with van der Waals surface area (Å²) < 4.78 is 13.6. The van der Waals surface area contributed by atoms with Crippen molar-refractivity contribution in [1.29, 1.82) is 0 Å². The summed E-state index contributed by atoms with van der Waals surface area (Å²) in [6.45, 7) is 5.15. The molecule has 1 saturated heterocycles. The highest BCUT2D eigenvalue weighted by Gasteiger charge is 2.43. The smallest absolute Gasteiger partial charge is 0.237 e. The minimum atomic E-state index is -0.406. The third-order valence-electron chi connectivity index (χ3n) is 3.45. The molecule has 5 heteroatoms. The highest BCUT2D eigenvalue weighted by atomic mass is 79.9. The van der Waals surface area contributed by atoms with Crippen LogP contribution in [0.3, 0.4) is 0 Å². The summed E-state index contributed by atoms with van der Waals surface area (Å²) in [4.78, 5) is 25.3. The number of imide groups is 1. The van der Waals surface area contributed by atoms with Crippen molar-refractivity contribution in [3.63, 3.8) is 0 Å². The van der Waals surface area contributed by atoms with Gasteiger partial charge in [-0.25, -0.2) is 9.29 Å².